The maximum atomic E-state index is 12.8. The zero-order valence-corrected chi connectivity index (χ0v) is 41.9. The van der Waals surface area contributed by atoms with E-state index >= 15 is 0 Å². The van der Waals surface area contributed by atoms with E-state index < -0.39 is 18.1 Å². The number of esters is 2. The van der Waals surface area contributed by atoms with Crippen molar-refractivity contribution in [2.24, 2.45) is 0 Å². The van der Waals surface area contributed by atoms with Crippen molar-refractivity contribution >= 4 is 17.9 Å². The van der Waals surface area contributed by atoms with Gasteiger partial charge in [0.2, 0.25) is 0 Å². The monoisotopic (exact) mass is 896 g/mol. The summed E-state index contributed by atoms with van der Waals surface area (Å²) in [5.74, 6) is -1.75. The number of carbonyl (C=O) groups is 3. The predicted molar refractivity (Wildman–Crippen MR) is 268 cm³/mol. The largest absolute Gasteiger partial charge is 0.544 e. The first-order chi connectivity index (χ1) is 31.1. The van der Waals surface area contributed by atoms with Crippen LogP contribution in [-0.2, 0) is 28.6 Å². The van der Waals surface area contributed by atoms with E-state index in [2.05, 4.69) is 86.8 Å². The number of carboxylic acid groups (broad SMARTS) is 1. The van der Waals surface area contributed by atoms with E-state index in [1.54, 1.807) is 21.1 Å². The minimum absolute atomic E-state index is 0.0340. The molecule has 0 aromatic carbocycles. The first-order valence-electron chi connectivity index (χ1n) is 26.0. The highest BCUT2D eigenvalue weighted by Crippen LogP contribution is 2.15. The number of hydrogen-bond acceptors (Lipinski definition) is 7. The fourth-order valence-electron chi connectivity index (χ4n) is 7.39. The lowest BCUT2D eigenvalue weighted by molar-refractivity contribution is -0.889. The Hall–Kier alpha value is -3.23. The summed E-state index contributed by atoms with van der Waals surface area (Å²) in [5.41, 5.74) is 0. The Balaban J connectivity index is 4.25. The third-order valence-electron chi connectivity index (χ3n) is 11.3. The number of ether oxygens (including phenoxy) is 3. The number of carbonyl (C=O) groups excluding carboxylic acids is 3. The second-order valence-corrected chi connectivity index (χ2v) is 18.3. The average molecular weight is 896 g/mol. The van der Waals surface area contributed by atoms with Gasteiger partial charge in [-0.1, -0.05) is 189 Å². The molecule has 8 heteroatoms. The van der Waals surface area contributed by atoms with Gasteiger partial charge in [-0.15, -0.1) is 0 Å². The van der Waals surface area contributed by atoms with Gasteiger partial charge in [0, 0.05) is 19.3 Å². The molecule has 0 saturated carbocycles. The van der Waals surface area contributed by atoms with Crippen molar-refractivity contribution < 1.29 is 38.2 Å². The van der Waals surface area contributed by atoms with E-state index in [0.717, 1.165) is 89.9 Å². The summed E-state index contributed by atoms with van der Waals surface area (Å²) in [7, 11) is 5.41. The molecule has 2 unspecified atom stereocenters. The topological polar surface area (TPSA) is 102 Å². The molecule has 0 spiro atoms. The van der Waals surface area contributed by atoms with Crippen LogP contribution in [0.2, 0.25) is 0 Å². The third kappa shape index (κ3) is 44.0. The quantitative estimate of drug-likeness (QED) is 0.0259. The zero-order chi connectivity index (χ0) is 47.0. The van der Waals surface area contributed by atoms with Crippen molar-refractivity contribution in [2.45, 2.75) is 225 Å². The van der Waals surface area contributed by atoms with Gasteiger partial charge < -0.3 is 28.6 Å². The van der Waals surface area contributed by atoms with Crippen LogP contribution in [0.5, 0.6) is 0 Å². The van der Waals surface area contributed by atoms with Crippen molar-refractivity contribution in [3.63, 3.8) is 0 Å². The maximum Gasteiger partial charge on any atom is 0.306 e. The molecule has 8 nitrogen and oxygen atoms in total. The number of aliphatic carboxylic acids is 1. The summed E-state index contributed by atoms with van der Waals surface area (Å²) in [6.45, 7) is 4.45. The maximum absolute atomic E-state index is 12.8. The molecule has 0 bridgehead atoms. The predicted octanol–water partition coefficient (Wildman–Crippen LogP) is 13.8. The fourth-order valence-corrected chi connectivity index (χ4v) is 7.39. The van der Waals surface area contributed by atoms with Crippen LogP contribution in [0.15, 0.2) is 72.9 Å². The van der Waals surface area contributed by atoms with Gasteiger partial charge in [-0.05, 0) is 77.0 Å². The number of allylic oxidation sites excluding steroid dienone is 12. The van der Waals surface area contributed by atoms with Crippen LogP contribution in [0.1, 0.15) is 213 Å². The summed E-state index contributed by atoms with van der Waals surface area (Å²) in [6, 6.07) is -0.731. The highest BCUT2D eigenvalue weighted by molar-refractivity contribution is 5.70. The second kappa shape index (κ2) is 46.3. The first kappa shape index (κ1) is 60.8. The van der Waals surface area contributed by atoms with E-state index in [-0.39, 0.29) is 42.7 Å². The number of carboxylic acids is 1. The number of nitrogens with zero attached hydrogens (tertiary/aromatic N) is 1. The molecule has 0 aliphatic heterocycles. The number of hydrogen-bond donors (Lipinski definition) is 0. The fraction of sp³-hybridized carbons (Fsp3) is 0.732. The molecule has 0 radical (unpaired) electrons. The molecule has 0 heterocycles. The van der Waals surface area contributed by atoms with Gasteiger partial charge in [0.05, 0.1) is 40.3 Å². The third-order valence-corrected chi connectivity index (χ3v) is 11.3. The van der Waals surface area contributed by atoms with Crippen molar-refractivity contribution in [3.8, 4) is 0 Å². The van der Waals surface area contributed by atoms with Crippen molar-refractivity contribution in [1.82, 2.24) is 0 Å². The number of likely N-dealkylation sites (N-methyl/N-ethyl adjacent to an activating group) is 1. The average Bonchev–Trinajstić information content (AvgIpc) is 3.26. The van der Waals surface area contributed by atoms with Crippen LogP contribution >= 0.6 is 0 Å². The van der Waals surface area contributed by atoms with Crippen LogP contribution in [0.25, 0.3) is 0 Å². The van der Waals surface area contributed by atoms with E-state index in [1.807, 2.05) is 0 Å². The van der Waals surface area contributed by atoms with Crippen molar-refractivity contribution in [2.75, 3.05) is 41.0 Å². The standard InChI is InChI=1S/C56H97NO7/c1-6-8-10-12-14-16-18-20-22-24-26-27-29-31-33-35-37-39-41-43-45-47-55(59)64-52(50-62-49-48-53(56(60)61)57(3,4)5)51-63-54(58)46-44-42-40-38-36-34-32-30-28-25-23-21-19-17-15-13-11-9-7-2/h8-11,14-17,21,23,28,30,52-53H,6-7,12-13,18-20,22,24-27,29,31-51H2,1-5H3/b10-8+,11-9+,16-14+,17-15+,23-21+,30-28+. The molecule has 2 atom stereocenters. The highest BCUT2D eigenvalue weighted by Gasteiger charge is 2.25. The van der Waals surface area contributed by atoms with Crippen LogP contribution in [0.3, 0.4) is 0 Å². The summed E-state index contributed by atoms with van der Waals surface area (Å²) in [4.78, 5) is 37.1. The minimum atomic E-state index is -1.13. The molecule has 0 N–H and O–H groups in total. The van der Waals surface area contributed by atoms with Gasteiger partial charge >= 0.3 is 11.9 Å². The molecule has 368 valence electrons. The van der Waals surface area contributed by atoms with Crippen LogP contribution < -0.4 is 5.11 Å². The molecule has 0 fully saturated rings. The molecule has 0 aromatic heterocycles. The van der Waals surface area contributed by atoms with E-state index in [4.69, 9.17) is 14.2 Å². The van der Waals surface area contributed by atoms with Gasteiger partial charge in [-0.3, -0.25) is 9.59 Å². The van der Waals surface area contributed by atoms with Gasteiger partial charge in [0.25, 0.3) is 0 Å². The van der Waals surface area contributed by atoms with Gasteiger partial charge in [0.15, 0.2) is 6.10 Å². The molecular weight excluding hydrogens is 799 g/mol. The first-order valence-corrected chi connectivity index (χ1v) is 26.0. The molecule has 0 aliphatic rings. The van der Waals surface area contributed by atoms with Crippen molar-refractivity contribution in [1.29, 1.82) is 0 Å². The SMILES string of the molecule is CC/C=C/C/C=C/C/C=C/C/C=C/CCCCCCCCC(=O)OCC(COCCC(C(=O)[O-])[N+](C)(C)C)OC(=O)CCCCCCCCCCCCCCCC/C=C/C/C=C/CC. The lowest BCUT2D eigenvalue weighted by Gasteiger charge is -2.34. The lowest BCUT2D eigenvalue weighted by Crippen LogP contribution is -2.55. The molecular formula is C56H97NO7. The summed E-state index contributed by atoms with van der Waals surface area (Å²) in [6.07, 6.45) is 59.3. The van der Waals surface area contributed by atoms with Crippen LogP contribution in [0, 0.1) is 0 Å². The molecule has 0 aliphatic carbocycles. The Bertz CT molecular complexity index is 1270. The smallest absolute Gasteiger partial charge is 0.306 e. The van der Waals surface area contributed by atoms with Gasteiger partial charge in [0.1, 0.15) is 12.6 Å². The normalized spacial score (nSPS) is 13.5. The van der Waals surface area contributed by atoms with Crippen LogP contribution in [0.4, 0.5) is 0 Å². The Morgan fingerprint density at radius 3 is 1.22 bits per heavy atom. The molecule has 0 rings (SSSR count). The van der Waals surface area contributed by atoms with Gasteiger partial charge in [-0.25, -0.2) is 0 Å². The number of quaternary nitrogens is 1. The Morgan fingerprint density at radius 2 is 0.828 bits per heavy atom. The zero-order valence-electron chi connectivity index (χ0n) is 41.9. The summed E-state index contributed by atoms with van der Waals surface area (Å²) >= 11 is 0. The summed E-state index contributed by atoms with van der Waals surface area (Å²) < 4.78 is 17.2. The summed E-state index contributed by atoms with van der Waals surface area (Å²) in [5, 5.41) is 11.7. The molecule has 0 amide bonds. The second-order valence-electron chi connectivity index (χ2n) is 18.3. The van der Waals surface area contributed by atoms with E-state index in [9.17, 15) is 19.5 Å². The Labute approximate surface area is 393 Å². The van der Waals surface area contributed by atoms with Gasteiger partial charge in [-0.2, -0.15) is 0 Å². The van der Waals surface area contributed by atoms with E-state index in [0.29, 0.717) is 12.8 Å². The highest BCUT2D eigenvalue weighted by atomic mass is 16.6. The Kier molecular flexibility index (Phi) is 44.0. The molecule has 0 saturated heterocycles. The minimum Gasteiger partial charge on any atom is -0.544 e. The molecule has 0 aromatic rings. The van der Waals surface area contributed by atoms with E-state index in [1.165, 1.54) is 89.9 Å². The molecule has 64 heavy (non-hydrogen) atoms. The number of unbranched alkanes of at least 4 members (excludes halogenated alkanes) is 20. The number of rotatable bonds is 46. The lowest BCUT2D eigenvalue weighted by atomic mass is 10.0. The van der Waals surface area contributed by atoms with Crippen molar-refractivity contribution in [3.05, 3.63) is 72.9 Å². The van der Waals surface area contributed by atoms with Crippen LogP contribution in [-0.4, -0.2) is 75.5 Å². The Morgan fingerprint density at radius 1 is 0.469 bits per heavy atom.